The molecule has 21 heavy (non-hydrogen) atoms. The molecule has 1 aliphatic carbocycles. The Morgan fingerprint density at radius 3 is 2.76 bits per heavy atom. The number of hydrogen-bond donors (Lipinski definition) is 3. The summed E-state index contributed by atoms with van der Waals surface area (Å²) in [5, 5.41) is 24.4. The Bertz CT molecular complexity index is 515. The van der Waals surface area contributed by atoms with Crippen molar-refractivity contribution in [3.8, 4) is 0 Å². The van der Waals surface area contributed by atoms with Crippen LogP contribution in [0.2, 0.25) is 0 Å². The zero-order valence-corrected chi connectivity index (χ0v) is 12.1. The van der Waals surface area contributed by atoms with Crippen molar-refractivity contribution in [2.24, 2.45) is 5.92 Å². The maximum atomic E-state index is 11.0. The fraction of sp³-hybridized carbons (Fsp3) is 0.692. The van der Waals surface area contributed by atoms with E-state index >= 15 is 0 Å². The van der Waals surface area contributed by atoms with E-state index in [0.717, 1.165) is 19.3 Å². The maximum absolute atomic E-state index is 11.0. The normalized spacial score (nSPS) is 25.5. The molecule has 8 nitrogen and oxygen atoms in total. The van der Waals surface area contributed by atoms with Crippen LogP contribution in [0.3, 0.4) is 0 Å². The van der Waals surface area contributed by atoms with Gasteiger partial charge >= 0.3 is 5.69 Å². The van der Waals surface area contributed by atoms with E-state index < -0.39 is 10.5 Å². The number of nitrogens with zero attached hydrogens (tertiary/aromatic N) is 3. The van der Waals surface area contributed by atoms with E-state index in [1.807, 2.05) is 0 Å². The van der Waals surface area contributed by atoms with E-state index in [1.54, 1.807) is 0 Å². The summed E-state index contributed by atoms with van der Waals surface area (Å²) >= 11 is 0. The lowest BCUT2D eigenvalue weighted by molar-refractivity contribution is -0.383. The molecule has 0 amide bonds. The molecule has 116 valence electrons. The van der Waals surface area contributed by atoms with Crippen LogP contribution >= 0.6 is 0 Å². The lowest BCUT2D eigenvalue weighted by Crippen LogP contribution is -2.40. The summed E-state index contributed by atoms with van der Waals surface area (Å²) in [6.45, 7) is 2.38. The topological polar surface area (TPSA) is 127 Å². The Balaban J connectivity index is 2.04. The van der Waals surface area contributed by atoms with Crippen LogP contribution in [0.5, 0.6) is 0 Å². The molecular weight excluding hydrogens is 274 g/mol. The Kier molecular flexibility index (Phi) is 4.56. The highest BCUT2D eigenvalue weighted by Gasteiger charge is 2.33. The van der Waals surface area contributed by atoms with Gasteiger partial charge in [-0.1, -0.05) is 13.3 Å². The zero-order valence-electron chi connectivity index (χ0n) is 12.1. The fourth-order valence-electron chi connectivity index (χ4n) is 2.75. The summed E-state index contributed by atoms with van der Waals surface area (Å²) in [7, 11) is 0. The minimum Gasteiger partial charge on any atom is -0.388 e. The minimum absolute atomic E-state index is 0.0542. The number of nitrogen functional groups attached to an aromatic ring is 1. The molecule has 0 aromatic carbocycles. The van der Waals surface area contributed by atoms with Crippen LogP contribution < -0.4 is 11.1 Å². The summed E-state index contributed by atoms with van der Waals surface area (Å²) in [6.07, 6.45) is 5.62. The molecule has 1 saturated carbocycles. The van der Waals surface area contributed by atoms with Crippen LogP contribution in [0.25, 0.3) is 0 Å². The first-order chi connectivity index (χ1) is 9.95. The molecule has 8 heteroatoms. The SMILES string of the molecule is CCC1CCC(O)(CNc2ncnc(N)c2[N+](=O)[O-])CC1. The molecule has 0 unspecified atom stereocenters. The summed E-state index contributed by atoms with van der Waals surface area (Å²) in [5.74, 6) is 0.534. The van der Waals surface area contributed by atoms with Gasteiger partial charge in [0.1, 0.15) is 6.33 Å². The highest BCUT2D eigenvalue weighted by Crippen LogP contribution is 2.34. The number of hydrogen-bond acceptors (Lipinski definition) is 7. The van der Waals surface area contributed by atoms with Crippen molar-refractivity contribution in [3.05, 3.63) is 16.4 Å². The van der Waals surface area contributed by atoms with Gasteiger partial charge in [-0.3, -0.25) is 10.1 Å². The monoisotopic (exact) mass is 295 g/mol. The predicted octanol–water partition coefficient (Wildman–Crippen LogP) is 1.71. The highest BCUT2D eigenvalue weighted by molar-refractivity contribution is 5.67. The van der Waals surface area contributed by atoms with Crippen LogP contribution in [0.15, 0.2) is 6.33 Å². The zero-order chi connectivity index (χ0) is 15.5. The number of aromatic nitrogens is 2. The van der Waals surface area contributed by atoms with Gasteiger partial charge in [0, 0.05) is 6.54 Å². The largest absolute Gasteiger partial charge is 0.388 e. The number of nitro groups is 1. The van der Waals surface area contributed by atoms with Crippen molar-refractivity contribution >= 4 is 17.3 Å². The smallest absolute Gasteiger partial charge is 0.352 e. The molecule has 4 N–H and O–H groups in total. The van der Waals surface area contributed by atoms with Crippen LogP contribution in [-0.4, -0.2) is 32.1 Å². The molecule has 1 aliphatic rings. The van der Waals surface area contributed by atoms with Gasteiger partial charge < -0.3 is 16.2 Å². The second-order valence-corrected chi connectivity index (χ2v) is 5.64. The van der Waals surface area contributed by atoms with Crippen molar-refractivity contribution in [1.29, 1.82) is 0 Å². The van der Waals surface area contributed by atoms with Crippen molar-refractivity contribution in [1.82, 2.24) is 9.97 Å². The van der Waals surface area contributed by atoms with Crippen LogP contribution in [0.4, 0.5) is 17.3 Å². The average molecular weight is 295 g/mol. The lowest BCUT2D eigenvalue weighted by atomic mass is 9.78. The lowest BCUT2D eigenvalue weighted by Gasteiger charge is -2.35. The summed E-state index contributed by atoms with van der Waals surface area (Å²) in [5.41, 5.74) is 4.31. The van der Waals surface area contributed by atoms with Gasteiger partial charge in [-0.25, -0.2) is 9.97 Å². The molecule has 1 fully saturated rings. The van der Waals surface area contributed by atoms with E-state index in [-0.39, 0.29) is 23.9 Å². The molecule has 0 aliphatic heterocycles. The van der Waals surface area contributed by atoms with Crippen LogP contribution in [-0.2, 0) is 0 Å². The molecule has 0 atom stereocenters. The van der Waals surface area contributed by atoms with Gasteiger partial charge in [0.05, 0.1) is 10.5 Å². The molecule has 0 saturated heterocycles. The summed E-state index contributed by atoms with van der Waals surface area (Å²) in [6, 6.07) is 0. The molecule has 0 spiro atoms. The second-order valence-electron chi connectivity index (χ2n) is 5.64. The molecular formula is C13H21N5O3. The standard InChI is InChI=1S/C13H21N5O3/c1-2-9-3-5-13(19,6-4-9)7-15-12-10(18(20)21)11(14)16-8-17-12/h8-9,19H,2-7H2,1H3,(H3,14,15,16,17). The molecule has 0 radical (unpaired) electrons. The number of anilines is 2. The van der Waals surface area contributed by atoms with Crippen molar-refractivity contribution in [3.63, 3.8) is 0 Å². The third-order valence-corrected chi connectivity index (χ3v) is 4.23. The first-order valence-electron chi connectivity index (χ1n) is 7.16. The molecule has 2 rings (SSSR count). The molecule has 1 aromatic rings. The van der Waals surface area contributed by atoms with Gasteiger partial charge in [-0.2, -0.15) is 0 Å². The van der Waals surface area contributed by atoms with Crippen LogP contribution in [0, 0.1) is 16.0 Å². The quantitative estimate of drug-likeness (QED) is 0.557. The first kappa shape index (κ1) is 15.4. The number of aliphatic hydroxyl groups is 1. The van der Waals surface area contributed by atoms with Crippen molar-refractivity contribution in [2.75, 3.05) is 17.6 Å². The third-order valence-electron chi connectivity index (χ3n) is 4.23. The van der Waals surface area contributed by atoms with Gasteiger partial charge in [0.25, 0.3) is 0 Å². The first-order valence-corrected chi connectivity index (χ1v) is 7.16. The Labute approximate surface area is 122 Å². The van der Waals surface area contributed by atoms with Gasteiger partial charge in [-0.15, -0.1) is 0 Å². The summed E-state index contributed by atoms with van der Waals surface area (Å²) < 4.78 is 0. The minimum atomic E-state index is -0.848. The second kappa shape index (κ2) is 6.21. The van der Waals surface area contributed by atoms with Gasteiger partial charge in [0.15, 0.2) is 0 Å². The Morgan fingerprint density at radius 1 is 1.52 bits per heavy atom. The Morgan fingerprint density at radius 2 is 2.19 bits per heavy atom. The van der Waals surface area contributed by atoms with E-state index in [1.165, 1.54) is 6.33 Å². The predicted molar refractivity (Wildman–Crippen MR) is 78.8 cm³/mol. The van der Waals surface area contributed by atoms with E-state index in [9.17, 15) is 15.2 Å². The average Bonchev–Trinajstić information content (AvgIpc) is 2.46. The van der Waals surface area contributed by atoms with Crippen LogP contribution in [0.1, 0.15) is 39.0 Å². The van der Waals surface area contributed by atoms with Gasteiger partial charge in [-0.05, 0) is 31.6 Å². The number of rotatable bonds is 5. The fourth-order valence-corrected chi connectivity index (χ4v) is 2.75. The number of nitrogens with one attached hydrogen (secondary N) is 1. The van der Waals surface area contributed by atoms with E-state index in [4.69, 9.17) is 5.73 Å². The molecule has 1 aromatic heterocycles. The van der Waals surface area contributed by atoms with E-state index in [0.29, 0.717) is 18.8 Å². The van der Waals surface area contributed by atoms with Gasteiger partial charge in [0.2, 0.25) is 11.6 Å². The molecule has 0 bridgehead atoms. The Hall–Kier alpha value is -1.96. The summed E-state index contributed by atoms with van der Waals surface area (Å²) in [4.78, 5) is 17.9. The van der Waals surface area contributed by atoms with Crippen molar-refractivity contribution in [2.45, 2.75) is 44.6 Å². The third kappa shape index (κ3) is 3.57. The van der Waals surface area contributed by atoms with Crippen molar-refractivity contribution < 1.29 is 10.0 Å². The van der Waals surface area contributed by atoms with E-state index in [2.05, 4.69) is 22.2 Å². The highest BCUT2D eigenvalue weighted by atomic mass is 16.6. The molecule has 1 heterocycles. The maximum Gasteiger partial charge on any atom is 0.352 e. The number of nitrogens with two attached hydrogens (primary N) is 1.